The molecule has 2 nitrogen and oxygen atoms in total. The summed E-state index contributed by atoms with van der Waals surface area (Å²) >= 11 is 0. The number of halogens is 2. The number of fused-ring (bicyclic) bond motifs is 1. The van der Waals surface area contributed by atoms with Gasteiger partial charge in [0.05, 0.1) is 5.92 Å². The Morgan fingerprint density at radius 3 is 2.86 bits per heavy atom. The maximum absolute atomic E-state index is 13.1. The fourth-order valence-electron chi connectivity index (χ4n) is 1.78. The van der Waals surface area contributed by atoms with Crippen molar-refractivity contribution in [3.05, 3.63) is 23.8 Å². The highest BCUT2D eigenvalue weighted by molar-refractivity contribution is 5.61. The van der Waals surface area contributed by atoms with Gasteiger partial charge in [0.2, 0.25) is 0 Å². The summed E-state index contributed by atoms with van der Waals surface area (Å²) in [5.41, 5.74) is 1.19. The second-order valence-electron chi connectivity index (χ2n) is 3.66. The molecule has 0 amide bonds. The zero-order valence-electron chi connectivity index (χ0n) is 7.72. The highest BCUT2D eigenvalue weighted by atomic mass is 19.3. The van der Waals surface area contributed by atoms with Gasteiger partial charge >= 0.3 is 0 Å². The van der Waals surface area contributed by atoms with Gasteiger partial charge in [0, 0.05) is 25.2 Å². The van der Waals surface area contributed by atoms with Gasteiger partial charge in [-0.05, 0) is 11.6 Å². The molecule has 0 radical (unpaired) electrons. The number of alkyl halides is 2. The summed E-state index contributed by atoms with van der Waals surface area (Å²) in [6, 6.07) is 4.46. The zero-order valence-corrected chi connectivity index (χ0v) is 7.72. The first-order valence-corrected chi connectivity index (χ1v) is 4.43. The van der Waals surface area contributed by atoms with Crippen LogP contribution in [0.2, 0.25) is 0 Å². The van der Waals surface area contributed by atoms with Crippen LogP contribution in [-0.2, 0) is 0 Å². The minimum absolute atomic E-state index is 0.0938. The summed E-state index contributed by atoms with van der Waals surface area (Å²) < 4.78 is 26.2. The summed E-state index contributed by atoms with van der Waals surface area (Å²) in [7, 11) is 0. The molecule has 0 bridgehead atoms. The number of hydrogen-bond donors (Lipinski definition) is 2. The number of aromatic hydroxyl groups is 1. The van der Waals surface area contributed by atoms with Crippen LogP contribution in [-0.4, -0.2) is 17.6 Å². The maximum Gasteiger partial charge on any atom is 0.253 e. The molecule has 1 aliphatic heterocycles. The molecule has 1 atom stereocenters. The van der Waals surface area contributed by atoms with E-state index in [9.17, 15) is 8.78 Å². The Bertz CT molecular complexity index is 360. The van der Waals surface area contributed by atoms with Crippen LogP contribution in [0, 0.1) is 0 Å². The molecular weight excluding hydrogens is 188 g/mol. The molecule has 0 aliphatic carbocycles. The van der Waals surface area contributed by atoms with Gasteiger partial charge in [-0.25, -0.2) is 8.78 Å². The van der Waals surface area contributed by atoms with E-state index in [4.69, 9.17) is 5.11 Å². The summed E-state index contributed by atoms with van der Waals surface area (Å²) in [5.74, 6) is -3.43. The first kappa shape index (κ1) is 9.24. The predicted octanol–water partition coefficient (Wildman–Crippen LogP) is 2.56. The molecule has 0 saturated heterocycles. The fraction of sp³-hybridized carbons (Fsp3) is 0.400. The second-order valence-corrected chi connectivity index (χ2v) is 3.66. The fourth-order valence-corrected chi connectivity index (χ4v) is 1.78. The number of phenols is 1. The molecule has 0 saturated carbocycles. The first-order chi connectivity index (χ1) is 6.48. The Morgan fingerprint density at radius 1 is 1.50 bits per heavy atom. The number of hydrogen-bond acceptors (Lipinski definition) is 2. The lowest BCUT2D eigenvalue weighted by molar-refractivity contribution is -0.00185. The zero-order chi connectivity index (χ0) is 10.3. The van der Waals surface area contributed by atoms with Gasteiger partial charge in [0.1, 0.15) is 5.75 Å². The molecule has 0 spiro atoms. The number of benzene rings is 1. The topological polar surface area (TPSA) is 32.3 Å². The van der Waals surface area contributed by atoms with Crippen LogP contribution in [0.15, 0.2) is 18.2 Å². The number of phenolic OH excluding ortho intramolecular Hbond substituents is 1. The predicted molar refractivity (Wildman–Crippen MR) is 50.0 cm³/mol. The minimum Gasteiger partial charge on any atom is -0.508 e. The van der Waals surface area contributed by atoms with Crippen molar-refractivity contribution in [2.24, 2.45) is 0 Å². The molecule has 14 heavy (non-hydrogen) atoms. The van der Waals surface area contributed by atoms with Crippen molar-refractivity contribution in [2.75, 3.05) is 11.9 Å². The second kappa shape index (κ2) is 2.83. The lowest BCUT2D eigenvalue weighted by Gasteiger charge is -2.18. The van der Waals surface area contributed by atoms with Crippen LogP contribution < -0.4 is 5.32 Å². The lowest BCUT2D eigenvalue weighted by atomic mass is 9.95. The molecule has 4 heteroatoms. The number of anilines is 1. The average molecular weight is 199 g/mol. The molecule has 1 unspecified atom stereocenters. The Hall–Kier alpha value is -1.32. The van der Waals surface area contributed by atoms with Gasteiger partial charge in [0.15, 0.2) is 0 Å². The molecular formula is C10H11F2NO. The van der Waals surface area contributed by atoms with Gasteiger partial charge in [-0.2, -0.15) is 0 Å². The standard InChI is InChI=1S/C10H11F2NO/c1-10(11,12)8-5-13-9-4-6(14)2-3-7(8)9/h2-4,8,13-14H,5H2,1H3. The summed E-state index contributed by atoms with van der Waals surface area (Å²) in [4.78, 5) is 0. The Morgan fingerprint density at radius 2 is 2.21 bits per heavy atom. The van der Waals surface area contributed by atoms with E-state index in [1.807, 2.05) is 0 Å². The van der Waals surface area contributed by atoms with Gasteiger partial charge < -0.3 is 10.4 Å². The quantitative estimate of drug-likeness (QED) is 0.728. The SMILES string of the molecule is CC(F)(F)C1CNc2cc(O)ccc21. The molecule has 2 rings (SSSR count). The molecule has 1 aliphatic rings. The number of rotatable bonds is 1. The Balaban J connectivity index is 2.41. The lowest BCUT2D eigenvalue weighted by Crippen LogP contribution is -2.23. The molecule has 0 aromatic heterocycles. The van der Waals surface area contributed by atoms with Crippen LogP contribution in [0.25, 0.3) is 0 Å². The van der Waals surface area contributed by atoms with E-state index in [1.54, 1.807) is 6.07 Å². The van der Waals surface area contributed by atoms with Crippen molar-refractivity contribution >= 4 is 5.69 Å². The van der Waals surface area contributed by atoms with Crippen molar-refractivity contribution in [2.45, 2.75) is 18.8 Å². The molecule has 76 valence electrons. The third-order valence-electron chi connectivity index (χ3n) is 2.52. The van der Waals surface area contributed by atoms with E-state index in [0.29, 0.717) is 11.3 Å². The molecule has 2 N–H and O–H groups in total. The molecule has 1 heterocycles. The van der Waals surface area contributed by atoms with E-state index in [2.05, 4.69) is 5.32 Å². The van der Waals surface area contributed by atoms with E-state index in [-0.39, 0.29) is 12.3 Å². The van der Waals surface area contributed by atoms with Crippen molar-refractivity contribution in [3.8, 4) is 5.75 Å². The summed E-state index contributed by atoms with van der Waals surface area (Å²) in [6.07, 6.45) is 0. The molecule has 1 aromatic rings. The van der Waals surface area contributed by atoms with Crippen molar-refractivity contribution < 1.29 is 13.9 Å². The smallest absolute Gasteiger partial charge is 0.253 e. The van der Waals surface area contributed by atoms with Crippen LogP contribution in [0.5, 0.6) is 5.75 Å². The van der Waals surface area contributed by atoms with Crippen LogP contribution >= 0.6 is 0 Å². The largest absolute Gasteiger partial charge is 0.508 e. The van der Waals surface area contributed by atoms with Gasteiger partial charge in [-0.15, -0.1) is 0 Å². The van der Waals surface area contributed by atoms with E-state index >= 15 is 0 Å². The minimum atomic E-state index is -2.73. The summed E-state index contributed by atoms with van der Waals surface area (Å²) in [6.45, 7) is 1.14. The maximum atomic E-state index is 13.1. The van der Waals surface area contributed by atoms with E-state index in [0.717, 1.165) is 6.92 Å². The third-order valence-corrected chi connectivity index (χ3v) is 2.52. The monoisotopic (exact) mass is 199 g/mol. The highest BCUT2D eigenvalue weighted by Crippen LogP contribution is 2.42. The third kappa shape index (κ3) is 1.41. The van der Waals surface area contributed by atoms with Gasteiger partial charge in [-0.1, -0.05) is 6.07 Å². The Labute approximate surface area is 80.6 Å². The number of nitrogens with one attached hydrogen (secondary N) is 1. The van der Waals surface area contributed by atoms with Crippen molar-refractivity contribution in [1.82, 2.24) is 0 Å². The van der Waals surface area contributed by atoms with E-state index in [1.165, 1.54) is 12.1 Å². The van der Waals surface area contributed by atoms with Crippen molar-refractivity contribution in [3.63, 3.8) is 0 Å². The van der Waals surface area contributed by atoms with Crippen LogP contribution in [0.1, 0.15) is 18.4 Å². The summed E-state index contributed by atoms with van der Waals surface area (Å²) in [5, 5.41) is 12.0. The average Bonchev–Trinajstić information content (AvgIpc) is 2.45. The normalized spacial score (nSPS) is 20.4. The first-order valence-electron chi connectivity index (χ1n) is 4.43. The molecule has 0 fully saturated rings. The molecule has 1 aromatic carbocycles. The van der Waals surface area contributed by atoms with Gasteiger partial charge in [0.25, 0.3) is 5.92 Å². The van der Waals surface area contributed by atoms with Crippen LogP contribution in [0.3, 0.4) is 0 Å². The van der Waals surface area contributed by atoms with E-state index < -0.39 is 11.8 Å². The van der Waals surface area contributed by atoms with Crippen LogP contribution in [0.4, 0.5) is 14.5 Å². The Kier molecular flexibility index (Phi) is 1.87. The highest BCUT2D eigenvalue weighted by Gasteiger charge is 2.39. The van der Waals surface area contributed by atoms with Gasteiger partial charge in [-0.3, -0.25) is 0 Å². The van der Waals surface area contributed by atoms with Crippen molar-refractivity contribution in [1.29, 1.82) is 0 Å².